The number of rotatable bonds is 8. The van der Waals surface area contributed by atoms with Crippen molar-refractivity contribution in [3.63, 3.8) is 0 Å². The summed E-state index contributed by atoms with van der Waals surface area (Å²) in [5.74, 6) is -1.19. The minimum atomic E-state index is -1.50. The van der Waals surface area contributed by atoms with Gasteiger partial charge in [-0.2, -0.15) is 0 Å². The zero-order chi connectivity index (χ0) is 15.8. The molecule has 4 nitrogen and oxygen atoms in total. The predicted octanol–water partition coefficient (Wildman–Crippen LogP) is 2.99. The van der Waals surface area contributed by atoms with Crippen molar-refractivity contribution in [2.75, 3.05) is 20.0 Å². The highest BCUT2D eigenvalue weighted by Gasteiger charge is 2.35. The van der Waals surface area contributed by atoms with Gasteiger partial charge in [0.05, 0.1) is 26.4 Å². The van der Waals surface area contributed by atoms with Crippen LogP contribution in [0, 0.1) is 5.41 Å². The van der Waals surface area contributed by atoms with Crippen LogP contribution < -0.4 is 0 Å². The van der Waals surface area contributed by atoms with Crippen molar-refractivity contribution in [2.45, 2.75) is 52.6 Å². The maximum Gasteiger partial charge on any atom is 0.306 e. The Morgan fingerprint density at radius 3 is 2.00 bits per heavy atom. The second-order valence-corrected chi connectivity index (χ2v) is 5.84. The maximum absolute atomic E-state index is 13.1. The second-order valence-electron chi connectivity index (χ2n) is 5.84. The van der Waals surface area contributed by atoms with Gasteiger partial charge in [0.15, 0.2) is 0 Å². The lowest BCUT2D eigenvalue weighted by molar-refractivity contribution is -0.157. The molecule has 0 heterocycles. The van der Waals surface area contributed by atoms with E-state index in [-0.39, 0.29) is 25.9 Å². The molecule has 118 valence electrons. The fourth-order valence-corrected chi connectivity index (χ4v) is 1.63. The van der Waals surface area contributed by atoms with Crippen molar-refractivity contribution in [1.82, 2.24) is 0 Å². The molecule has 0 aliphatic rings. The van der Waals surface area contributed by atoms with Gasteiger partial charge in [-0.15, -0.1) is 0 Å². The molecule has 0 amide bonds. The summed E-state index contributed by atoms with van der Waals surface area (Å²) >= 11 is 0. The molecule has 0 spiro atoms. The summed E-state index contributed by atoms with van der Waals surface area (Å²) in [5.41, 5.74) is -2.14. The van der Waals surface area contributed by atoms with Gasteiger partial charge >= 0.3 is 11.9 Å². The average Bonchev–Trinajstić information content (AvgIpc) is 2.33. The SMILES string of the molecule is CCOC(=O)CC(CF)(CF)CCC(=O)OC(C)(C)C. The molecule has 0 rings (SSSR count). The van der Waals surface area contributed by atoms with Crippen LogP contribution in [0.3, 0.4) is 0 Å². The monoisotopic (exact) mass is 294 g/mol. The molecule has 0 atom stereocenters. The highest BCUT2D eigenvalue weighted by molar-refractivity contribution is 5.71. The molecule has 0 aliphatic carbocycles. The lowest BCUT2D eigenvalue weighted by atomic mass is 9.82. The Morgan fingerprint density at radius 1 is 1.05 bits per heavy atom. The minimum absolute atomic E-state index is 0.0896. The van der Waals surface area contributed by atoms with Crippen LogP contribution in [0.2, 0.25) is 0 Å². The number of halogens is 2. The van der Waals surface area contributed by atoms with Gasteiger partial charge in [-0.1, -0.05) is 0 Å². The Morgan fingerprint density at radius 2 is 1.60 bits per heavy atom. The van der Waals surface area contributed by atoms with Crippen molar-refractivity contribution in [3.05, 3.63) is 0 Å². The van der Waals surface area contributed by atoms with Crippen molar-refractivity contribution in [1.29, 1.82) is 0 Å². The van der Waals surface area contributed by atoms with Gasteiger partial charge in [0.1, 0.15) is 5.60 Å². The van der Waals surface area contributed by atoms with Gasteiger partial charge in [-0.05, 0) is 34.1 Å². The predicted molar refractivity (Wildman–Crippen MR) is 70.7 cm³/mol. The van der Waals surface area contributed by atoms with Gasteiger partial charge in [-0.3, -0.25) is 18.4 Å². The Hall–Kier alpha value is -1.20. The summed E-state index contributed by atoms with van der Waals surface area (Å²) in [4.78, 5) is 22.9. The van der Waals surface area contributed by atoms with Gasteiger partial charge < -0.3 is 9.47 Å². The molecular weight excluding hydrogens is 270 g/mol. The summed E-state index contributed by atoms with van der Waals surface area (Å²) in [7, 11) is 0. The fourth-order valence-electron chi connectivity index (χ4n) is 1.63. The first-order valence-electron chi connectivity index (χ1n) is 6.67. The van der Waals surface area contributed by atoms with E-state index in [1.807, 2.05) is 0 Å². The first-order chi connectivity index (χ1) is 9.18. The average molecular weight is 294 g/mol. The van der Waals surface area contributed by atoms with E-state index in [0.29, 0.717) is 0 Å². The van der Waals surface area contributed by atoms with Crippen LogP contribution in [0.5, 0.6) is 0 Å². The summed E-state index contributed by atoms with van der Waals surface area (Å²) in [6, 6.07) is 0. The van der Waals surface area contributed by atoms with E-state index < -0.39 is 36.3 Å². The molecule has 0 bridgehead atoms. The number of esters is 2. The number of alkyl halides is 2. The Labute approximate surface area is 118 Å². The molecule has 0 aromatic rings. The van der Waals surface area contributed by atoms with E-state index in [4.69, 9.17) is 9.47 Å². The van der Waals surface area contributed by atoms with Crippen molar-refractivity contribution < 1.29 is 27.8 Å². The van der Waals surface area contributed by atoms with Crippen LogP contribution in [-0.2, 0) is 19.1 Å². The standard InChI is InChI=1S/C14H24F2O4/c1-5-19-12(18)8-14(9-15,10-16)7-6-11(17)20-13(2,3)4/h5-10H2,1-4H3. The van der Waals surface area contributed by atoms with Gasteiger partial charge in [0, 0.05) is 11.8 Å². The topological polar surface area (TPSA) is 52.6 Å². The molecule has 0 unspecified atom stereocenters. The first-order valence-corrected chi connectivity index (χ1v) is 6.67. The van der Waals surface area contributed by atoms with Crippen LogP contribution in [0.25, 0.3) is 0 Å². The number of carbonyl (C=O) groups excluding carboxylic acids is 2. The van der Waals surface area contributed by atoms with Crippen molar-refractivity contribution in [3.8, 4) is 0 Å². The smallest absolute Gasteiger partial charge is 0.306 e. The van der Waals surface area contributed by atoms with E-state index in [9.17, 15) is 18.4 Å². The molecule has 20 heavy (non-hydrogen) atoms. The van der Waals surface area contributed by atoms with Crippen LogP contribution in [0.1, 0.15) is 47.0 Å². The van der Waals surface area contributed by atoms with E-state index in [1.54, 1.807) is 27.7 Å². The number of hydrogen-bond acceptors (Lipinski definition) is 4. The minimum Gasteiger partial charge on any atom is -0.466 e. The van der Waals surface area contributed by atoms with E-state index in [1.165, 1.54) is 0 Å². The first kappa shape index (κ1) is 18.8. The van der Waals surface area contributed by atoms with Crippen LogP contribution >= 0.6 is 0 Å². The maximum atomic E-state index is 13.1. The molecule has 0 aliphatic heterocycles. The van der Waals surface area contributed by atoms with Crippen LogP contribution in [0.15, 0.2) is 0 Å². The largest absolute Gasteiger partial charge is 0.466 e. The zero-order valence-electron chi connectivity index (χ0n) is 12.6. The van der Waals surface area contributed by atoms with Crippen molar-refractivity contribution in [2.24, 2.45) is 5.41 Å². The number of hydrogen-bond donors (Lipinski definition) is 0. The highest BCUT2D eigenvalue weighted by atomic mass is 19.1. The lowest BCUT2D eigenvalue weighted by Crippen LogP contribution is -2.32. The van der Waals surface area contributed by atoms with Crippen LogP contribution in [0.4, 0.5) is 8.78 Å². The third-order valence-corrected chi connectivity index (χ3v) is 2.67. The number of ether oxygens (including phenoxy) is 2. The Kier molecular flexibility index (Phi) is 7.68. The molecule has 0 aromatic carbocycles. The molecule has 6 heteroatoms. The van der Waals surface area contributed by atoms with Crippen LogP contribution in [-0.4, -0.2) is 37.5 Å². The Bertz CT molecular complexity index is 320. The summed E-state index contributed by atoms with van der Waals surface area (Å²) < 4.78 is 36.0. The molecule has 0 N–H and O–H groups in total. The molecule has 0 saturated carbocycles. The van der Waals surface area contributed by atoms with E-state index in [2.05, 4.69) is 0 Å². The molecule has 0 saturated heterocycles. The summed E-state index contributed by atoms with van der Waals surface area (Å²) in [6.45, 7) is 4.85. The van der Waals surface area contributed by atoms with E-state index >= 15 is 0 Å². The summed E-state index contributed by atoms with van der Waals surface area (Å²) in [6.07, 6.45) is -0.602. The molecule has 0 aromatic heterocycles. The quantitative estimate of drug-likeness (QED) is 0.646. The van der Waals surface area contributed by atoms with E-state index in [0.717, 1.165) is 0 Å². The molecular formula is C14H24F2O4. The molecule has 0 fully saturated rings. The molecule has 0 radical (unpaired) electrons. The number of carbonyl (C=O) groups is 2. The normalized spacial score (nSPS) is 12.1. The zero-order valence-corrected chi connectivity index (χ0v) is 12.6. The lowest BCUT2D eigenvalue weighted by Gasteiger charge is -2.27. The van der Waals surface area contributed by atoms with Gasteiger partial charge in [0.25, 0.3) is 0 Å². The summed E-state index contributed by atoms with van der Waals surface area (Å²) in [5, 5.41) is 0. The third-order valence-electron chi connectivity index (χ3n) is 2.67. The Balaban J connectivity index is 4.53. The second kappa shape index (κ2) is 8.17. The third kappa shape index (κ3) is 7.40. The van der Waals surface area contributed by atoms with Gasteiger partial charge in [-0.25, -0.2) is 0 Å². The fraction of sp³-hybridized carbons (Fsp3) is 0.857. The van der Waals surface area contributed by atoms with Crippen molar-refractivity contribution >= 4 is 11.9 Å². The van der Waals surface area contributed by atoms with Gasteiger partial charge in [0.2, 0.25) is 0 Å². The highest BCUT2D eigenvalue weighted by Crippen LogP contribution is 2.31.